The number of anilines is 2. The monoisotopic (exact) mass is 1240 g/mol. The maximum absolute atomic E-state index is 10.0. The third-order valence-corrected chi connectivity index (χ3v) is 16.4. The fourth-order valence-electron chi connectivity index (χ4n) is 11.6. The van der Waals surface area contributed by atoms with Gasteiger partial charge in [0.15, 0.2) is 0 Å². The molecule has 0 amide bonds. The molecule has 394 valence electrons. The van der Waals surface area contributed by atoms with Crippen molar-refractivity contribution >= 4 is 56.8 Å². The predicted molar refractivity (Wildman–Crippen MR) is 334 cm³/mol. The Morgan fingerprint density at radius 1 is 0.543 bits per heavy atom. The van der Waals surface area contributed by atoms with E-state index in [0.717, 1.165) is 44.1 Å². The molecule has 81 heavy (non-hydrogen) atoms. The van der Waals surface area contributed by atoms with Gasteiger partial charge >= 0.3 is 410 Å². The van der Waals surface area contributed by atoms with E-state index < -0.39 is 27.5 Å². The maximum atomic E-state index is 10.0. The molecule has 10 aromatic carbocycles. The summed E-state index contributed by atoms with van der Waals surface area (Å²) in [5, 5.41) is 1.76. The molecule has 6 nitrogen and oxygen atoms in total. The standard InChI is InChI=1S/C73H58BN5O.Pt/c1-48-22-18-27-53(40-48)60-32-20-33-61(55-43-54(51-23-10-7-11-24-51)44-56(45-55)73(4,5)6)70(60)77-47-76(64-35-16-17-36-65(64)77)58-30-19-31-59(46-58)80-72-69(52-25-12-8-13-26-52)50(3)42-68(75-72)78-66-37-21-34-63-62-39-38-49(2)41-67(62)79(71(63)66)74(78)57-28-14-9-15-29-57;/h7-46H,1-6H3;/i1D3,2D3,3D3,20D,32D,33D;. The van der Waals surface area contributed by atoms with E-state index in [1.165, 1.54) is 6.07 Å². The molecular formula is C73H58BN5OPt. The number of ether oxygens (including phenoxy) is 1. The number of aromatic nitrogens is 4. The molecule has 0 spiro atoms. The Balaban J connectivity index is 0.991. The third kappa shape index (κ3) is 8.70. The Labute approximate surface area is 501 Å². The minimum atomic E-state index is -2.71. The summed E-state index contributed by atoms with van der Waals surface area (Å²) in [5.41, 5.74) is 10.6. The molecule has 0 bridgehead atoms. The van der Waals surface area contributed by atoms with E-state index in [1.807, 2.05) is 178 Å². The van der Waals surface area contributed by atoms with Crippen LogP contribution in [0, 0.1) is 24.4 Å². The second-order valence-corrected chi connectivity index (χ2v) is 22.5. The Morgan fingerprint density at radius 3 is 1.96 bits per heavy atom. The topological polar surface area (TPSA) is 40.1 Å². The molecule has 0 atom stereocenters. The van der Waals surface area contributed by atoms with Crippen LogP contribution in [-0.4, -0.2) is 25.6 Å². The van der Waals surface area contributed by atoms with Crippen molar-refractivity contribution in [2.24, 2.45) is 0 Å². The van der Waals surface area contributed by atoms with Crippen LogP contribution in [0.2, 0.25) is 0 Å². The Bertz CT molecular complexity index is 5210. The van der Waals surface area contributed by atoms with Crippen LogP contribution >= 0.6 is 0 Å². The molecule has 1 aliphatic rings. The van der Waals surface area contributed by atoms with E-state index in [1.54, 1.807) is 42.5 Å². The van der Waals surface area contributed by atoms with E-state index in [4.69, 9.17) is 17.9 Å². The van der Waals surface area contributed by atoms with Gasteiger partial charge in [0, 0.05) is 20.4 Å². The van der Waals surface area contributed by atoms with Crippen LogP contribution in [0.4, 0.5) is 11.5 Å². The van der Waals surface area contributed by atoms with Gasteiger partial charge in [0.1, 0.15) is 0 Å². The van der Waals surface area contributed by atoms with Gasteiger partial charge in [-0.25, -0.2) is 0 Å². The van der Waals surface area contributed by atoms with Crippen LogP contribution in [0.3, 0.4) is 0 Å². The van der Waals surface area contributed by atoms with Crippen molar-refractivity contribution in [1.29, 1.82) is 0 Å². The number of hydrogen-bond donors (Lipinski definition) is 0. The zero-order chi connectivity index (χ0) is 65.2. The second kappa shape index (κ2) is 20.0. The molecule has 0 unspecified atom stereocenters. The van der Waals surface area contributed by atoms with E-state index in [2.05, 4.69) is 56.7 Å². The second-order valence-electron chi connectivity index (χ2n) is 21.5. The van der Waals surface area contributed by atoms with Crippen LogP contribution in [-0.2, 0) is 24.8 Å². The number of hydrogen-bond acceptors (Lipinski definition) is 3. The molecule has 3 aromatic heterocycles. The van der Waals surface area contributed by atoms with Gasteiger partial charge in [0.05, 0.1) is 0 Å². The molecule has 0 aliphatic carbocycles. The summed E-state index contributed by atoms with van der Waals surface area (Å²) in [7, 11) is 0. The van der Waals surface area contributed by atoms with Crippen molar-refractivity contribution in [3.63, 3.8) is 0 Å². The quantitative estimate of drug-likeness (QED) is 0.128. The number of nitrogens with zero attached hydrogens (tertiary/aromatic N) is 5. The Hall–Kier alpha value is -9.03. The van der Waals surface area contributed by atoms with Gasteiger partial charge in [-0.15, -0.1) is 0 Å². The molecule has 1 aliphatic heterocycles. The Kier molecular flexibility index (Phi) is 9.50. The van der Waals surface area contributed by atoms with Gasteiger partial charge in [-0.05, 0) is 18.5 Å². The summed E-state index contributed by atoms with van der Waals surface area (Å²) in [4.78, 5) is 7.40. The third-order valence-electron chi connectivity index (χ3n) is 15.3. The van der Waals surface area contributed by atoms with Crippen LogP contribution < -0.4 is 15.0 Å². The van der Waals surface area contributed by atoms with Gasteiger partial charge in [0.25, 0.3) is 0 Å². The zero-order valence-electron chi connectivity index (χ0n) is 56.4. The average molecular weight is 1240 g/mol. The number of imidazole rings is 1. The average Bonchev–Trinajstić information content (AvgIpc) is 1.56. The van der Waals surface area contributed by atoms with E-state index >= 15 is 0 Å². The molecular weight excluding hydrogens is 1170 g/mol. The van der Waals surface area contributed by atoms with Crippen molar-refractivity contribution in [2.45, 2.75) is 46.7 Å². The molecule has 14 rings (SSSR count). The van der Waals surface area contributed by atoms with Crippen molar-refractivity contribution < 1.29 is 40.5 Å². The number of para-hydroxylation sites is 4. The fraction of sp³-hybridized carbons (Fsp3) is 0.0959. The van der Waals surface area contributed by atoms with Gasteiger partial charge in [0.2, 0.25) is 0 Å². The van der Waals surface area contributed by atoms with Crippen molar-refractivity contribution in [1.82, 2.24) is 18.6 Å². The minimum absolute atomic E-state index is 0.0109. The van der Waals surface area contributed by atoms with Crippen molar-refractivity contribution in [2.75, 3.05) is 4.81 Å². The first-order valence-corrected chi connectivity index (χ1v) is 27.9. The molecule has 8 heteroatoms. The Morgan fingerprint density at radius 2 is 1.21 bits per heavy atom. The fourth-order valence-corrected chi connectivity index (χ4v) is 12.7. The van der Waals surface area contributed by atoms with Crippen LogP contribution in [0.5, 0.6) is 11.6 Å². The van der Waals surface area contributed by atoms with Crippen molar-refractivity contribution in [3.8, 4) is 67.5 Å². The van der Waals surface area contributed by atoms with Gasteiger partial charge in [-0.1, -0.05) is 54.6 Å². The van der Waals surface area contributed by atoms with Crippen LogP contribution in [0.1, 0.15) is 59.5 Å². The first-order chi connectivity index (χ1) is 44.3. The summed E-state index contributed by atoms with van der Waals surface area (Å²) in [5.74, 6) is 0.585. The van der Waals surface area contributed by atoms with Crippen molar-refractivity contribution in [3.05, 3.63) is 269 Å². The van der Waals surface area contributed by atoms with Crippen LogP contribution in [0.25, 0.3) is 88.7 Å². The normalized spacial score (nSPS) is 15.0. The van der Waals surface area contributed by atoms with E-state index in [0.29, 0.717) is 59.7 Å². The van der Waals surface area contributed by atoms with Gasteiger partial charge in [-0.2, -0.15) is 0 Å². The molecule has 13 aromatic rings. The number of benzene rings is 10. The number of fused-ring (bicyclic) bond motifs is 4. The summed E-state index contributed by atoms with van der Waals surface area (Å²) < 4.78 is 122. The number of aryl methyl sites for hydroxylation is 3. The van der Waals surface area contributed by atoms with Gasteiger partial charge < -0.3 is 0 Å². The molecule has 0 saturated carbocycles. The van der Waals surface area contributed by atoms with Crippen LogP contribution in [0.15, 0.2) is 243 Å². The SMILES string of the molecule is [2H]c1c([2H])c(-c2cccc(C([2H])([2H])[2H])c2)c(-n2[c](=[Pt])n(-c3cccc(Oc4nc(N5B(c6ccccc6)n6c7cc(C([2H])([2H])[2H])ccc7c7cccc5c76)cc(C([2H])([2H])[2H])c4-c4ccccc4)c3)c3ccccc32)c(-c2cc(-c3ccccc3)cc(C(C)(C)C)c2)c1[2H]. The van der Waals surface area contributed by atoms with E-state index in [-0.39, 0.29) is 63.1 Å². The summed E-state index contributed by atoms with van der Waals surface area (Å²) in [6.45, 7) is -1.90. The summed E-state index contributed by atoms with van der Waals surface area (Å²) >= 11 is 2.26. The number of rotatable bonds is 10. The summed E-state index contributed by atoms with van der Waals surface area (Å²) in [6.07, 6.45) is 0. The number of pyridine rings is 1. The zero-order valence-corrected chi connectivity index (χ0v) is 46.7. The molecule has 0 fully saturated rings. The predicted octanol–water partition coefficient (Wildman–Crippen LogP) is 18.1. The molecule has 0 saturated heterocycles. The first-order valence-electron chi connectivity index (χ1n) is 32.8. The molecule has 0 radical (unpaired) electrons. The molecule has 4 heterocycles. The summed E-state index contributed by atoms with van der Waals surface area (Å²) in [6, 6.07) is 68.8. The van der Waals surface area contributed by atoms with E-state index in [9.17, 15) is 8.22 Å². The van der Waals surface area contributed by atoms with Gasteiger partial charge in [-0.3, -0.25) is 0 Å². The molecule has 0 N–H and O–H groups in total. The first kappa shape index (κ1) is 38.6.